The summed E-state index contributed by atoms with van der Waals surface area (Å²) in [5, 5.41) is 9.34. The van der Waals surface area contributed by atoms with Gasteiger partial charge in [0.1, 0.15) is 11.6 Å². The number of benzene rings is 10. The number of para-hydroxylation sites is 1. The minimum atomic E-state index is -0.521. The molecule has 3 nitrogen and oxygen atoms in total. The van der Waals surface area contributed by atoms with Crippen LogP contribution in [0, 0.1) is 33.5 Å². The summed E-state index contributed by atoms with van der Waals surface area (Å²) in [5.74, 6) is -0.772. The van der Waals surface area contributed by atoms with Crippen LogP contribution >= 0.6 is 0 Å². The van der Waals surface area contributed by atoms with Crippen LogP contribution in [0.2, 0.25) is 0 Å². The molecular weight excluding hydrogens is 969 g/mol. The standard InChI is InChI=1S/C74H55F2N3/c1-46-17-13-14-22-62(46)66-44-61(37-33-53(66)32-28-52-29-35-59(76)36-30-52)79-73(55-20-11-8-12-21-55)51(6)65-42-57-31-25-47(2)70-56(34-39-64(71(57)70)74(65)79)41-58-45-77(72(50(58)5)54-18-9-7-10-19-54)60-38-40-69-67(43-60)63-23-15-16-24-68(63)78(69)49(4)27-26-48(3)75/h7-45H,3-4H2,1-2,5-6H3/b27-26-,32-28-,56-41-. The van der Waals surface area contributed by atoms with Crippen LogP contribution in [0.25, 0.3) is 123 Å². The Morgan fingerprint density at radius 3 is 1.95 bits per heavy atom. The topological polar surface area (TPSA) is 14.8 Å². The third kappa shape index (κ3) is 8.43. The molecule has 3 aromatic heterocycles. The molecule has 13 aromatic rings. The fourth-order valence-corrected chi connectivity index (χ4v) is 12.1. The lowest BCUT2D eigenvalue weighted by molar-refractivity contribution is 0.628. The second-order valence-electron chi connectivity index (χ2n) is 20.7. The van der Waals surface area contributed by atoms with E-state index in [1.165, 1.54) is 67.4 Å². The van der Waals surface area contributed by atoms with Gasteiger partial charge in [0.15, 0.2) is 0 Å². The maximum atomic E-state index is 14.0. The second kappa shape index (κ2) is 19.6. The first-order valence-corrected chi connectivity index (χ1v) is 26.7. The molecule has 10 aromatic carbocycles. The Kier molecular flexibility index (Phi) is 12.1. The Morgan fingerprint density at radius 2 is 1.19 bits per heavy atom. The summed E-state index contributed by atoms with van der Waals surface area (Å²) in [5.41, 5.74) is 20.6. The zero-order chi connectivity index (χ0) is 54.1. The first-order chi connectivity index (χ1) is 38.5. The van der Waals surface area contributed by atoms with Gasteiger partial charge in [-0.1, -0.05) is 171 Å². The number of hydrogen-bond donors (Lipinski definition) is 0. The van der Waals surface area contributed by atoms with Gasteiger partial charge in [0.25, 0.3) is 0 Å². The molecule has 0 aliphatic heterocycles. The molecule has 0 aliphatic rings. The van der Waals surface area contributed by atoms with E-state index in [1.807, 2.05) is 18.2 Å². The first-order valence-electron chi connectivity index (χ1n) is 26.7. The number of fused-ring (bicyclic) bond motifs is 5. The van der Waals surface area contributed by atoms with Crippen LogP contribution in [-0.2, 0) is 0 Å². The molecule has 0 amide bonds. The molecular formula is C74H55F2N3. The molecule has 0 radical (unpaired) electrons. The Labute approximate surface area is 458 Å². The Bertz CT molecular complexity index is 4730. The van der Waals surface area contributed by atoms with Gasteiger partial charge in [-0.15, -0.1) is 0 Å². The molecule has 13 rings (SSSR count). The van der Waals surface area contributed by atoms with Gasteiger partial charge in [-0.2, -0.15) is 0 Å². The largest absolute Gasteiger partial charge is 0.316 e. The molecule has 79 heavy (non-hydrogen) atoms. The summed E-state index contributed by atoms with van der Waals surface area (Å²) in [6.07, 6.45) is 11.9. The van der Waals surface area contributed by atoms with Crippen molar-refractivity contribution >= 4 is 78.2 Å². The maximum absolute atomic E-state index is 14.0. The van der Waals surface area contributed by atoms with Crippen molar-refractivity contribution < 1.29 is 8.78 Å². The molecule has 0 N–H and O–H groups in total. The fraction of sp³-hybridized carbons (Fsp3) is 0.0541. The van der Waals surface area contributed by atoms with Crippen LogP contribution < -0.4 is 5.22 Å². The Hall–Kier alpha value is -9.84. The SMILES string of the molecule is C=C(F)/C=C\C(=C)n1c2ccccc2c2cc(-n3cc(/C=c4/ccc5c6c(ccc(C)c46)cc4c(C)c(-c6ccccc6)n(-c6ccc(/C=C\c7ccc(F)cc7)c(-c7ccccc7C)c6)c45)c(C)c3-c3ccccc3)ccc21. The van der Waals surface area contributed by atoms with Crippen LogP contribution in [0.15, 0.2) is 238 Å². The van der Waals surface area contributed by atoms with Gasteiger partial charge in [0.2, 0.25) is 0 Å². The van der Waals surface area contributed by atoms with E-state index in [-0.39, 0.29) is 5.82 Å². The lowest BCUT2D eigenvalue weighted by Gasteiger charge is -2.18. The third-order valence-corrected chi connectivity index (χ3v) is 15.9. The number of allylic oxidation sites excluding steroid dienone is 4. The summed E-state index contributed by atoms with van der Waals surface area (Å²) in [6.45, 7) is 16.7. The van der Waals surface area contributed by atoms with Gasteiger partial charge in [-0.3, -0.25) is 0 Å². The van der Waals surface area contributed by atoms with Crippen molar-refractivity contribution in [1.82, 2.24) is 13.7 Å². The summed E-state index contributed by atoms with van der Waals surface area (Å²) < 4.78 is 34.7. The Morgan fingerprint density at radius 1 is 0.494 bits per heavy atom. The van der Waals surface area contributed by atoms with E-state index < -0.39 is 5.83 Å². The summed E-state index contributed by atoms with van der Waals surface area (Å²) in [4.78, 5) is 0. The quantitative estimate of drug-likeness (QED) is 0.0906. The number of rotatable bonds is 11. The smallest absolute Gasteiger partial charge is 0.123 e. The molecule has 5 heteroatoms. The highest BCUT2D eigenvalue weighted by molar-refractivity contribution is 6.23. The van der Waals surface area contributed by atoms with Crippen LogP contribution in [0.3, 0.4) is 0 Å². The van der Waals surface area contributed by atoms with E-state index in [2.05, 4.69) is 249 Å². The molecule has 0 fully saturated rings. The number of nitrogens with zero attached hydrogens (tertiary/aromatic N) is 3. The normalized spacial score (nSPS) is 12.3. The van der Waals surface area contributed by atoms with E-state index in [0.29, 0.717) is 5.70 Å². The second-order valence-corrected chi connectivity index (χ2v) is 20.7. The molecule has 0 spiro atoms. The number of aryl methyl sites for hydroxylation is 3. The van der Waals surface area contributed by atoms with Gasteiger partial charge < -0.3 is 13.7 Å². The van der Waals surface area contributed by atoms with Crippen LogP contribution in [-0.4, -0.2) is 13.7 Å². The van der Waals surface area contributed by atoms with E-state index >= 15 is 0 Å². The molecule has 0 unspecified atom stereocenters. The zero-order valence-electron chi connectivity index (χ0n) is 44.5. The summed E-state index contributed by atoms with van der Waals surface area (Å²) in [7, 11) is 0. The minimum Gasteiger partial charge on any atom is -0.316 e. The molecule has 0 aliphatic carbocycles. The van der Waals surface area contributed by atoms with Gasteiger partial charge in [-0.05, 0) is 183 Å². The Balaban J connectivity index is 1.03. The fourth-order valence-electron chi connectivity index (χ4n) is 12.1. The zero-order valence-corrected chi connectivity index (χ0v) is 44.5. The predicted octanol–water partition coefficient (Wildman–Crippen LogP) is 19.4. The van der Waals surface area contributed by atoms with E-state index in [0.717, 1.165) is 94.2 Å². The lowest BCUT2D eigenvalue weighted by atomic mass is 9.92. The van der Waals surface area contributed by atoms with Gasteiger partial charge in [0.05, 0.1) is 27.9 Å². The number of hydrogen-bond acceptors (Lipinski definition) is 0. The predicted molar refractivity (Wildman–Crippen MR) is 331 cm³/mol. The van der Waals surface area contributed by atoms with Crippen molar-refractivity contribution in [1.29, 1.82) is 0 Å². The van der Waals surface area contributed by atoms with Crippen molar-refractivity contribution in [2.45, 2.75) is 27.7 Å². The van der Waals surface area contributed by atoms with Crippen molar-refractivity contribution in [3.05, 3.63) is 288 Å². The molecule has 0 saturated heterocycles. The van der Waals surface area contributed by atoms with E-state index in [4.69, 9.17) is 0 Å². The van der Waals surface area contributed by atoms with Gasteiger partial charge >= 0.3 is 0 Å². The monoisotopic (exact) mass is 1020 g/mol. The van der Waals surface area contributed by atoms with Crippen molar-refractivity contribution in [3.8, 4) is 45.0 Å². The number of aromatic nitrogens is 3. The molecule has 380 valence electrons. The van der Waals surface area contributed by atoms with E-state index in [1.54, 1.807) is 6.08 Å². The highest BCUT2D eigenvalue weighted by Gasteiger charge is 2.24. The molecule has 0 bridgehead atoms. The summed E-state index contributed by atoms with van der Waals surface area (Å²) >= 11 is 0. The van der Waals surface area contributed by atoms with Crippen molar-refractivity contribution in [2.75, 3.05) is 0 Å². The highest BCUT2D eigenvalue weighted by atomic mass is 19.1. The average Bonchev–Trinajstić information content (AvgIpc) is 4.29. The van der Waals surface area contributed by atoms with Gasteiger partial charge in [-0.25, -0.2) is 8.78 Å². The maximum Gasteiger partial charge on any atom is 0.123 e. The van der Waals surface area contributed by atoms with Gasteiger partial charge in [0, 0.05) is 44.8 Å². The molecule has 0 atom stereocenters. The first kappa shape index (κ1) is 48.8. The van der Waals surface area contributed by atoms with Crippen molar-refractivity contribution in [2.24, 2.45) is 0 Å². The number of halogens is 2. The summed E-state index contributed by atoms with van der Waals surface area (Å²) in [6, 6.07) is 69.9. The minimum absolute atomic E-state index is 0.251. The van der Waals surface area contributed by atoms with Crippen molar-refractivity contribution in [3.63, 3.8) is 0 Å². The van der Waals surface area contributed by atoms with Crippen LogP contribution in [0.1, 0.15) is 38.9 Å². The van der Waals surface area contributed by atoms with Crippen LogP contribution in [0.4, 0.5) is 8.78 Å². The highest BCUT2D eigenvalue weighted by Crippen LogP contribution is 2.44. The third-order valence-electron chi connectivity index (χ3n) is 15.9. The molecule has 0 saturated carbocycles. The lowest BCUT2D eigenvalue weighted by Crippen LogP contribution is -2.06. The molecule has 3 heterocycles. The van der Waals surface area contributed by atoms with E-state index in [9.17, 15) is 8.78 Å². The average molecular weight is 1020 g/mol. The van der Waals surface area contributed by atoms with Crippen LogP contribution in [0.5, 0.6) is 0 Å².